The molecule has 0 aliphatic carbocycles. The van der Waals surface area contributed by atoms with Gasteiger partial charge >= 0.3 is 7.12 Å². The highest BCUT2D eigenvalue weighted by Crippen LogP contribution is 2.21. The molecule has 0 saturated heterocycles. The molecule has 0 bridgehead atoms. The lowest BCUT2D eigenvalue weighted by Crippen LogP contribution is -2.29. The van der Waals surface area contributed by atoms with Gasteiger partial charge in [0.25, 0.3) is 0 Å². The summed E-state index contributed by atoms with van der Waals surface area (Å²) in [5.41, 5.74) is 2.48. The van der Waals surface area contributed by atoms with Crippen molar-refractivity contribution in [3.8, 4) is 0 Å². The van der Waals surface area contributed by atoms with Crippen molar-refractivity contribution in [2.24, 2.45) is 4.99 Å². The lowest BCUT2D eigenvalue weighted by molar-refractivity contribution is 0.426. The maximum absolute atomic E-state index is 8.86. The van der Waals surface area contributed by atoms with Crippen LogP contribution in [0.1, 0.15) is 6.99 Å². The predicted octanol–water partition coefficient (Wildman–Crippen LogP) is -0.129. The quantitative estimate of drug-likeness (QED) is 0.566. The summed E-state index contributed by atoms with van der Waals surface area (Å²) < 4.78 is 0. The first kappa shape index (κ1) is 7.52. The van der Waals surface area contributed by atoms with Crippen LogP contribution < -0.4 is 5.46 Å². The smallest absolute Gasteiger partial charge is 0.423 e. The summed E-state index contributed by atoms with van der Waals surface area (Å²) in [6, 6.07) is 5.28. The molecule has 62 valence electrons. The average molecular weight is 163 g/mol. The van der Waals surface area contributed by atoms with Crippen molar-refractivity contribution in [2.45, 2.75) is 6.42 Å². The Hall–Kier alpha value is -1.13. The zero-order valence-corrected chi connectivity index (χ0v) is 6.44. The molecular formula is C8H10BNO2. The minimum atomic E-state index is -1.40. The van der Waals surface area contributed by atoms with Crippen LogP contribution in [0.15, 0.2) is 23.2 Å². The van der Waals surface area contributed by atoms with E-state index < -0.39 is 7.12 Å². The van der Waals surface area contributed by atoms with E-state index in [0.29, 0.717) is 5.46 Å². The van der Waals surface area contributed by atoms with Gasteiger partial charge in [-0.3, -0.25) is 4.99 Å². The van der Waals surface area contributed by atoms with Crippen molar-refractivity contribution in [3.63, 3.8) is 0 Å². The van der Waals surface area contributed by atoms with Crippen LogP contribution in [0.5, 0.6) is 0 Å². The van der Waals surface area contributed by atoms with Gasteiger partial charge in [-0.1, -0.05) is 12.1 Å². The molecule has 1 aromatic rings. The Kier molecular flexibility index (Phi) is 1.71. The SMILES string of the molecule is OB(O)c1ccc2c(c1)N=CC2.[HH]. The van der Waals surface area contributed by atoms with Crippen molar-refractivity contribution >= 4 is 24.5 Å². The van der Waals surface area contributed by atoms with Gasteiger partial charge in [0.05, 0.1) is 5.69 Å². The Morgan fingerprint density at radius 3 is 3.00 bits per heavy atom. The number of hydrogen-bond donors (Lipinski definition) is 2. The van der Waals surface area contributed by atoms with Crippen molar-refractivity contribution in [1.82, 2.24) is 0 Å². The second kappa shape index (κ2) is 2.73. The second-order valence-electron chi connectivity index (χ2n) is 2.78. The molecule has 0 saturated carbocycles. The molecule has 0 aromatic heterocycles. The monoisotopic (exact) mass is 163 g/mol. The summed E-state index contributed by atoms with van der Waals surface area (Å²) in [7, 11) is -1.40. The number of hydrogen-bond acceptors (Lipinski definition) is 3. The van der Waals surface area contributed by atoms with E-state index in [0.717, 1.165) is 17.7 Å². The van der Waals surface area contributed by atoms with Crippen LogP contribution >= 0.6 is 0 Å². The minimum Gasteiger partial charge on any atom is -0.423 e. The van der Waals surface area contributed by atoms with Gasteiger partial charge in [-0.05, 0) is 17.1 Å². The maximum Gasteiger partial charge on any atom is 0.488 e. The number of benzene rings is 1. The highest BCUT2D eigenvalue weighted by molar-refractivity contribution is 6.58. The fourth-order valence-corrected chi connectivity index (χ4v) is 1.28. The van der Waals surface area contributed by atoms with Gasteiger partial charge in [-0.25, -0.2) is 0 Å². The Labute approximate surface area is 72.0 Å². The molecule has 1 aliphatic heterocycles. The van der Waals surface area contributed by atoms with Gasteiger partial charge in [0.2, 0.25) is 0 Å². The highest BCUT2D eigenvalue weighted by Gasteiger charge is 2.14. The van der Waals surface area contributed by atoms with E-state index in [-0.39, 0.29) is 1.43 Å². The van der Waals surface area contributed by atoms with Crippen molar-refractivity contribution in [2.75, 3.05) is 0 Å². The zero-order valence-electron chi connectivity index (χ0n) is 6.44. The van der Waals surface area contributed by atoms with E-state index in [1.807, 2.05) is 12.3 Å². The Bertz CT molecular complexity index is 341. The van der Waals surface area contributed by atoms with E-state index >= 15 is 0 Å². The van der Waals surface area contributed by atoms with Crippen LogP contribution in [0, 0.1) is 0 Å². The van der Waals surface area contributed by atoms with Crippen LogP contribution in [0.2, 0.25) is 0 Å². The van der Waals surface area contributed by atoms with Crippen molar-refractivity contribution in [3.05, 3.63) is 23.8 Å². The van der Waals surface area contributed by atoms with E-state index in [9.17, 15) is 0 Å². The zero-order chi connectivity index (χ0) is 8.55. The molecular weight excluding hydrogens is 153 g/mol. The Balaban J connectivity index is 0.000000845. The lowest BCUT2D eigenvalue weighted by atomic mass is 9.79. The van der Waals surface area contributed by atoms with E-state index in [1.165, 1.54) is 0 Å². The Morgan fingerprint density at radius 2 is 2.25 bits per heavy atom. The topological polar surface area (TPSA) is 52.8 Å². The largest absolute Gasteiger partial charge is 0.488 e. The first-order valence-electron chi connectivity index (χ1n) is 3.79. The third-order valence-corrected chi connectivity index (χ3v) is 1.95. The number of fused-ring (bicyclic) bond motifs is 1. The van der Waals surface area contributed by atoms with E-state index in [4.69, 9.17) is 10.0 Å². The lowest BCUT2D eigenvalue weighted by Gasteiger charge is -2.01. The number of aliphatic imine (C=N–C) groups is 1. The normalized spacial score (nSPS) is 13.2. The summed E-state index contributed by atoms with van der Waals surface area (Å²) in [6.07, 6.45) is 2.66. The molecule has 0 radical (unpaired) electrons. The predicted molar refractivity (Wildman–Crippen MR) is 50.2 cm³/mol. The molecule has 0 spiro atoms. The van der Waals surface area contributed by atoms with Crippen LogP contribution in [-0.4, -0.2) is 23.4 Å². The van der Waals surface area contributed by atoms with Crippen LogP contribution in [-0.2, 0) is 6.42 Å². The summed E-state index contributed by atoms with van der Waals surface area (Å²) in [5, 5.41) is 17.7. The molecule has 1 aromatic carbocycles. The van der Waals surface area contributed by atoms with Gasteiger partial charge in [-0.15, -0.1) is 0 Å². The molecule has 4 heteroatoms. The molecule has 0 fully saturated rings. The van der Waals surface area contributed by atoms with E-state index in [1.54, 1.807) is 12.1 Å². The van der Waals surface area contributed by atoms with Gasteiger partial charge in [0, 0.05) is 14.1 Å². The van der Waals surface area contributed by atoms with Gasteiger partial charge in [-0.2, -0.15) is 0 Å². The summed E-state index contributed by atoms with van der Waals surface area (Å²) in [5.74, 6) is 0. The molecule has 0 amide bonds. The minimum absolute atomic E-state index is 0. The number of rotatable bonds is 1. The third-order valence-electron chi connectivity index (χ3n) is 1.95. The summed E-state index contributed by atoms with van der Waals surface area (Å²) in [4.78, 5) is 4.10. The van der Waals surface area contributed by atoms with Crippen LogP contribution in [0.3, 0.4) is 0 Å². The molecule has 2 N–H and O–H groups in total. The average Bonchev–Trinajstić information content (AvgIpc) is 2.49. The first-order chi connectivity index (χ1) is 5.77. The molecule has 0 atom stereocenters. The third kappa shape index (κ3) is 1.15. The molecule has 2 rings (SSSR count). The van der Waals surface area contributed by atoms with E-state index in [2.05, 4.69) is 4.99 Å². The fourth-order valence-electron chi connectivity index (χ4n) is 1.28. The first-order valence-corrected chi connectivity index (χ1v) is 3.79. The van der Waals surface area contributed by atoms with Gasteiger partial charge in [0.1, 0.15) is 0 Å². The van der Waals surface area contributed by atoms with Crippen molar-refractivity contribution in [1.29, 1.82) is 0 Å². The summed E-state index contributed by atoms with van der Waals surface area (Å²) in [6.45, 7) is 0. The standard InChI is InChI=1S/C8H8BNO2.H2/c11-9(12)7-2-1-6-3-4-10-8(6)5-7;/h1-2,4-5,11-12H,3H2;1H. The number of nitrogens with zero attached hydrogens (tertiary/aromatic N) is 1. The maximum atomic E-state index is 8.86. The molecule has 1 aliphatic rings. The molecule has 1 heterocycles. The second-order valence-corrected chi connectivity index (χ2v) is 2.78. The molecule has 12 heavy (non-hydrogen) atoms. The summed E-state index contributed by atoms with van der Waals surface area (Å²) >= 11 is 0. The highest BCUT2D eigenvalue weighted by atomic mass is 16.4. The van der Waals surface area contributed by atoms with Crippen molar-refractivity contribution < 1.29 is 11.5 Å². The van der Waals surface area contributed by atoms with Gasteiger partial charge < -0.3 is 10.0 Å². The molecule has 3 nitrogen and oxygen atoms in total. The van der Waals surface area contributed by atoms with Crippen LogP contribution in [0.4, 0.5) is 5.69 Å². The van der Waals surface area contributed by atoms with Crippen LogP contribution in [0.25, 0.3) is 0 Å². The van der Waals surface area contributed by atoms with Gasteiger partial charge in [0.15, 0.2) is 0 Å². The Morgan fingerprint density at radius 1 is 1.42 bits per heavy atom. The molecule has 0 unspecified atom stereocenters. The fraction of sp³-hybridized carbons (Fsp3) is 0.125.